The van der Waals surface area contributed by atoms with Crippen LogP contribution in [0.2, 0.25) is 10.0 Å². The van der Waals surface area contributed by atoms with Crippen LogP contribution in [0, 0.1) is 17.1 Å². The van der Waals surface area contributed by atoms with E-state index in [1.807, 2.05) is 0 Å². The lowest BCUT2D eigenvalue weighted by atomic mass is 10.1. The van der Waals surface area contributed by atoms with Gasteiger partial charge in [-0.3, -0.25) is 4.99 Å². The first-order valence-electron chi connectivity index (χ1n) is 7.12. The molecule has 0 atom stereocenters. The number of esters is 1. The maximum atomic E-state index is 13.9. The van der Waals surface area contributed by atoms with Crippen molar-refractivity contribution in [2.45, 2.75) is 25.8 Å². The summed E-state index contributed by atoms with van der Waals surface area (Å²) in [6.07, 6.45) is 2.96. The predicted octanol–water partition coefficient (Wildman–Crippen LogP) is 4.07. The van der Waals surface area contributed by atoms with Gasteiger partial charge in [0, 0.05) is 11.8 Å². The number of aliphatic hydroxyl groups is 1. The van der Waals surface area contributed by atoms with E-state index in [1.54, 1.807) is 13.0 Å². The van der Waals surface area contributed by atoms with Crippen LogP contribution in [0.5, 0.6) is 0 Å². The monoisotopic (exact) mass is 370 g/mol. The van der Waals surface area contributed by atoms with Gasteiger partial charge in [0.25, 0.3) is 0 Å². The Balaban J connectivity index is 2.60. The molecule has 0 heterocycles. The largest absolute Gasteiger partial charge is 0.506 e. The standard InChI is InChI=1S/C16H13Cl2FN2O3/c1-2-24-16(23)11(7-21-8-3-4-8)15(22)9-5-12(19)14(18)10(6-20)13(9)17/h5,7-8,22H,2-4H2,1H3/b15-11+,21-7?. The van der Waals surface area contributed by atoms with E-state index in [0.29, 0.717) is 0 Å². The van der Waals surface area contributed by atoms with Crippen molar-refractivity contribution in [1.29, 1.82) is 5.26 Å². The highest BCUT2D eigenvalue weighted by atomic mass is 35.5. The average Bonchev–Trinajstić information content (AvgIpc) is 3.36. The molecule has 1 aromatic rings. The molecule has 1 fully saturated rings. The van der Waals surface area contributed by atoms with Crippen LogP contribution in [-0.2, 0) is 9.53 Å². The maximum Gasteiger partial charge on any atom is 0.343 e. The van der Waals surface area contributed by atoms with Crippen molar-refractivity contribution in [2.24, 2.45) is 4.99 Å². The van der Waals surface area contributed by atoms with Crippen LogP contribution in [0.4, 0.5) is 4.39 Å². The highest BCUT2D eigenvalue weighted by Gasteiger charge is 2.24. The average molecular weight is 371 g/mol. The maximum absolute atomic E-state index is 13.9. The summed E-state index contributed by atoms with van der Waals surface area (Å²) >= 11 is 11.7. The number of carbonyl (C=O) groups is 1. The molecule has 1 aliphatic rings. The number of rotatable bonds is 5. The van der Waals surface area contributed by atoms with E-state index in [2.05, 4.69) is 4.99 Å². The molecule has 1 aliphatic carbocycles. The summed E-state index contributed by atoms with van der Waals surface area (Å²) < 4.78 is 18.8. The van der Waals surface area contributed by atoms with Gasteiger partial charge in [-0.25, -0.2) is 9.18 Å². The third-order valence-corrected chi connectivity index (χ3v) is 4.00. The second-order valence-electron chi connectivity index (χ2n) is 5.01. The first-order valence-corrected chi connectivity index (χ1v) is 7.87. The second-order valence-corrected chi connectivity index (χ2v) is 5.77. The first-order chi connectivity index (χ1) is 11.4. The molecule has 1 aromatic carbocycles. The zero-order chi connectivity index (χ0) is 17.9. The van der Waals surface area contributed by atoms with Gasteiger partial charge >= 0.3 is 5.97 Å². The van der Waals surface area contributed by atoms with E-state index in [0.717, 1.165) is 18.9 Å². The second kappa shape index (κ2) is 7.65. The van der Waals surface area contributed by atoms with Gasteiger partial charge in [-0.15, -0.1) is 0 Å². The molecule has 0 saturated heterocycles. The van der Waals surface area contributed by atoms with E-state index in [9.17, 15) is 14.3 Å². The number of halogens is 3. The smallest absolute Gasteiger partial charge is 0.343 e. The summed E-state index contributed by atoms with van der Waals surface area (Å²) in [4.78, 5) is 16.2. The van der Waals surface area contributed by atoms with E-state index in [-0.39, 0.29) is 34.4 Å². The molecule has 1 N–H and O–H groups in total. The Kier molecular flexibility index (Phi) is 5.81. The van der Waals surface area contributed by atoms with Gasteiger partial charge in [-0.05, 0) is 25.8 Å². The zero-order valence-electron chi connectivity index (χ0n) is 12.6. The van der Waals surface area contributed by atoms with Crippen molar-refractivity contribution in [3.8, 4) is 6.07 Å². The molecule has 0 amide bonds. The highest BCUT2D eigenvalue weighted by molar-refractivity contribution is 6.38. The van der Waals surface area contributed by atoms with Crippen molar-refractivity contribution in [3.63, 3.8) is 0 Å². The lowest BCUT2D eigenvalue weighted by Gasteiger charge is -2.10. The number of hydrogen-bond acceptors (Lipinski definition) is 5. The minimum atomic E-state index is -0.943. The molecule has 0 radical (unpaired) electrons. The summed E-state index contributed by atoms with van der Waals surface area (Å²) in [6.45, 7) is 1.69. The summed E-state index contributed by atoms with van der Waals surface area (Å²) in [5.41, 5.74) is -0.834. The fraction of sp³-hybridized carbons (Fsp3) is 0.312. The predicted molar refractivity (Wildman–Crippen MR) is 88.8 cm³/mol. The van der Waals surface area contributed by atoms with Crippen LogP contribution >= 0.6 is 23.2 Å². The van der Waals surface area contributed by atoms with E-state index in [1.165, 1.54) is 6.21 Å². The Morgan fingerprint density at radius 2 is 2.21 bits per heavy atom. The molecule has 126 valence electrons. The normalized spacial score (nSPS) is 15.1. The fourth-order valence-electron chi connectivity index (χ4n) is 1.84. The third-order valence-electron chi connectivity index (χ3n) is 3.23. The van der Waals surface area contributed by atoms with E-state index in [4.69, 9.17) is 33.2 Å². The van der Waals surface area contributed by atoms with Gasteiger partial charge in [-0.1, -0.05) is 23.2 Å². The molecule has 1 saturated carbocycles. The lowest BCUT2D eigenvalue weighted by molar-refractivity contribution is -0.137. The van der Waals surface area contributed by atoms with Gasteiger partial charge in [0.2, 0.25) is 0 Å². The summed E-state index contributed by atoms with van der Waals surface area (Å²) in [5, 5.41) is 18.7. The number of aliphatic hydroxyl groups excluding tert-OH is 1. The van der Waals surface area contributed by atoms with Gasteiger partial charge in [-0.2, -0.15) is 5.26 Å². The van der Waals surface area contributed by atoms with Crippen molar-refractivity contribution in [3.05, 3.63) is 38.6 Å². The first kappa shape index (κ1) is 18.2. The number of aliphatic imine (C=N–C) groups is 1. The Morgan fingerprint density at radius 1 is 1.54 bits per heavy atom. The molecule has 2 rings (SSSR count). The molecule has 0 spiro atoms. The third kappa shape index (κ3) is 3.86. The number of benzene rings is 1. The molecule has 0 bridgehead atoms. The number of nitrogens with zero attached hydrogens (tertiary/aromatic N) is 2. The lowest BCUT2D eigenvalue weighted by Crippen LogP contribution is -2.12. The summed E-state index contributed by atoms with van der Waals surface area (Å²) in [7, 11) is 0. The van der Waals surface area contributed by atoms with Crippen molar-refractivity contribution < 1.29 is 19.0 Å². The molecular weight excluding hydrogens is 358 g/mol. The highest BCUT2D eigenvalue weighted by Crippen LogP contribution is 2.34. The number of carbonyl (C=O) groups excluding carboxylic acids is 1. The minimum absolute atomic E-state index is 0.0824. The van der Waals surface area contributed by atoms with Crippen LogP contribution in [0.3, 0.4) is 0 Å². The topological polar surface area (TPSA) is 82.7 Å². The fourth-order valence-corrected chi connectivity index (χ4v) is 2.36. The summed E-state index contributed by atoms with van der Waals surface area (Å²) in [6, 6.07) is 2.61. The Labute approximate surface area is 148 Å². The van der Waals surface area contributed by atoms with Gasteiger partial charge in [0.1, 0.15) is 23.2 Å². The van der Waals surface area contributed by atoms with E-state index >= 15 is 0 Å². The Hall–Kier alpha value is -2.10. The van der Waals surface area contributed by atoms with Gasteiger partial charge < -0.3 is 9.84 Å². The van der Waals surface area contributed by atoms with Crippen LogP contribution in [0.15, 0.2) is 16.6 Å². The Bertz CT molecular complexity index is 781. The van der Waals surface area contributed by atoms with Crippen LogP contribution in [-0.4, -0.2) is 29.9 Å². The SMILES string of the molecule is CCOC(=O)/C(C=NC1CC1)=C(/O)c1cc(F)c(Cl)c(C#N)c1Cl. The quantitative estimate of drug-likeness (QED) is 0.278. The van der Waals surface area contributed by atoms with Crippen molar-refractivity contribution >= 4 is 41.1 Å². The van der Waals surface area contributed by atoms with Crippen LogP contribution < -0.4 is 0 Å². The molecular formula is C16H13Cl2FN2O3. The Morgan fingerprint density at radius 3 is 2.75 bits per heavy atom. The molecule has 5 nitrogen and oxygen atoms in total. The van der Waals surface area contributed by atoms with Crippen LogP contribution in [0.25, 0.3) is 5.76 Å². The number of hydrogen-bond donors (Lipinski definition) is 1. The molecule has 24 heavy (non-hydrogen) atoms. The molecule has 0 unspecified atom stereocenters. The van der Waals surface area contributed by atoms with E-state index < -0.39 is 22.6 Å². The van der Waals surface area contributed by atoms with Gasteiger partial charge in [0.15, 0.2) is 0 Å². The zero-order valence-corrected chi connectivity index (χ0v) is 14.2. The van der Waals surface area contributed by atoms with Crippen LogP contribution in [0.1, 0.15) is 30.9 Å². The summed E-state index contributed by atoms with van der Waals surface area (Å²) in [5.74, 6) is -2.40. The molecule has 8 heteroatoms. The van der Waals surface area contributed by atoms with Gasteiger partial charge in [0.05, 0.1) is 28.3 Å². The number of ether oxygens (including phenoxy) is 1. The van der Waals surface area contributed by atoms with Crippen molar-refractivity contribution in [1.82, 2.24) is 0 Å². The number of nitriles is 1. The minimum Gasteiger partial charge on any atom is -0.506 e. The molecule has 0 aromatic heterocycles. The van der Waals surface area contributed by atoms with Crippen molar-refractivity contribution in [2.75, 3.05) is 6.61 Å². The molecule has 0 aliphatic heterocycles.